The second kappa shape index (κ2) is 11.4. The molecule has 2 aliphatic rings. The van der Waals surface area contributed by atoms with E-state index in [4.69, 9.17) is 16.0 Å². The van der Waals surface area contributed by atoms with Gasteiger partial charge in [0.2, 0.25) is 0 Å². The summed E-state index contributed by atoms with van der Waals surface area (Å²) in [6.45, 7) is 7.39. The highest BCUT2D eigenvalue weighted by atomic mass is 35.5. The van der Waals surface area contributed by atoms with E-state index < -0.39 is 29.3 Å². The van der Waals surface area contributed by atoms with Crippen LogP contribution in [0.5, 0.6) is 0 Å². The monoisotopic (exact) mass is 580 g/mol. The molecule has 13 heteroatoms. The minimum atomic E-state index is -4.53. The van der Waals surface area contributed by atoms with Crippen molar-refractivity contribution in [1.29, 1.82) is 0 Å². The SMILES string of the molecule is C[C@@H]1CN(c2ncc(Nc3c(NCC(F)(F)F)c(=O)c3=O)cc2Cl)[C@@H](C)CN1C1CCN(Cc2ccco2)CC1. The van der Waals surface area contributed by atoms with Crippen molar-refractivity contribution in [3.05, 3.63) is 61.9 Å². The van der Waals surface area contributed by atoms with Crippen molar-refractivity contribution in [2.75, 3.05) is 48.3 Å². The number of piperidine rings is 1. The van der Waals surface area contributed by atoms with Crippen molar-refractivity contribution in [3.63, 3.8) is 0 Å². The van der Waals surface area contributed by atoms with E-state index in [1.807, 2.05) is 17.4 Å². The van der Waals surface area contributed by atoms with Crippen LogP contribution < -0.4 is 26.4 Å². The average Bonchev–Trinajstić information content (AvgIpc) is 3.42. The van der Waals surface area contributed by atoms with Crippen LogP contribution in [0.2, 0.25) is 5.02 Å². The smallest absolute Gasteiger partial charge is 0.405 e. The van der Waals surface area contributed by atoms with Gasteiger partial charge in [0.05, 0.1) is 29.7 Å². The number of likely N-dealkylation sites (tertiary alicyclic amines) is 1. The second-order valence-corrected chi connectivity index (χ2v) is 11.1. The van der Waals surface area contributed by atoms with E-state index in [0.717, 1.165) is 51.3 Å². The lowest BCUT2D eigenvalue weighted by Crippen LogP contribution is -2.61. The zero-order chi connectivity index (χ0) is 28.6. The molecule has 216 valence electrons. The summed E-state index contributed by atoms with van der Waals surface area (Å²) in [7, 11) is 0. The summed E-state index contributed by atoms with van der Waals surface area (Å²) in [5, 5.41) is 5.03. The number of piperazine rings is 1. The number of hydrogen-bond donors (Lipinski definition) is 2. The van der Waals surface area contributed by atoms with Gasteiger partial charge in [-0.05, 0) is 44.9 Å². The summed E-state index contributed by atoms with van der Waals surface area (Å²) in [6.07, 6.45) is 0.826. The Morgan fingerprint density at radius 2 is 1.82 bits per heavy atom. The van der Waals surface area contributed by atoms with Crippen molar-refractivity contribution in [1.82, 2.24) is 14.8 Å². The molecule has 2 atom stereocenters. The number of halogens is 4. The molecule has 2 fully saturated rings. The van der Waals surface area contributed by atoms with Crippen LogP contribution in [0.3, 0.4) is 0 Å². The molecule has 40 heavy (non-hydrogen) atoms. The number of anilines is 4. The van der Waals surface area contributed by atoms with Crippen molar-refractivity contribution in [2.45, 2.75) is 57.5 Å². The number of aromatic nitrogens is 1. The lowest BCUT2D eigenvalue weighted by molar-refractivity contribution is -0.115. The molecule has 2 aliphatic heterocycles. The molecule has 4 heterocycles. The first kappa shape index (κ1) is 28.4. The molecule has 2 N–H and O–H groups in total. The molecule has 2 aromatic heterocycles. The predicted molar refractivity (Wildman–Crippen MR) is 148 cm³/mol. The molecule has 2 saturated heterocycles. The fraction of sp³-hybridized carbons (Fsp3) is 0.519. The molecule has 3 aromatic rings. The van der Waals surface area contributed by atoms with Gasteiger partial charge in [0.1, 0.15) is 29.5 Å². The topological polar surface area (TPSA) is 94.0 Å². The molecule has 5 rings (SSSR count). The van der Waals surface area contributed by atoms with E-state index in [9.17, 15) is 22.8 Å². The summed E-state index contributed by atoms with van der Waals surface area (Å²) < 4.78 is 43.2. The Labute approximate surface area is 234 Å². The molecular formula is C27H32ClF3N6O3. The van der Waals surface area contributed by atoms with Crippen LogP contribution in [-0.4, -0.2) is 71.8 Å². The summed E-state index contributed by atoms with van der Waals surface area (Å²) in [4.78, 5) is 35.4. The van der Waals surface area contributed by atoms with Crippen molar-refractivity contribution in [3.8, 4) is 0 Å². The number of nitrogens with one attached hydrogen (secondary N) is 2. The van der Waals surface area contributed by atoms with Crippen molar-refractivity contribution in [2.24, 2.45) is 0 Å². The molecule has 0 radical (unpaired) electrons. The van der Waals surface area contributed by atoms with E-state index in [1.54, 1.807) is 12.3 Å². The molecular weight excluding hydrogens is 549 g/mol. The fourth-order valence-corrected chi connectivity index (χ4v) is 5.99. The number of rotatable bonds is 8. The molecule has 0 spiro atoms. The summed E-state index contributed by atoms with van der Waals surface area (Å²) in [6, 6.07) is 6.41. The minimum Gasteiger partial charge on any atom is -0.468 e. The molecule has 9 nitrogen and oxygen atoms in total. The van der Waals surface area contributed by atoms with Crippen LogP contribution >= 0.6 is 11.6 Å². The van der Waals surface area contributed by atoms with Gasteiger partial charge in [0, 0.05) is 44.3 Å². The predicted octanol–water partition coefficient (Wildman–Crippen LogP) is 4.21. The molecule has 0 saturated carbocycles. The normalized spacial score (nSPS) is 21.7. The quantitative estimate of drug-likeness (QED) is 0.380. The first-order chi connectivity index (χ1) is 19.0. The Kier molecular flexibility index (Phi) is 8.12. The largest absolute Gasteiger partial charge is 0.468 e. The lowest BCUT2D eigenvalue weighted by atomic mass is 9.98. The Morgan fingerprint density at radius 3 is 2.48 bits per heavy atom. The lowest BCUT2D eigenvalue weighted by Gasteiger charge is -2.49. The second-order valence-electron chi connectivity index (χ2n) is 10.7. The summed E-state index contributed by atoms with van der Waals surface area (Å²) in [5.74, 6) is 1.59. The van der Waals surface area contributed by atoms with Gasteiger partial charge >= 0.3 is 6.18 Å². The zero-order valence-electron chi connectivity index (χ0n) is 22.3. The van der Waals surface area contributed by atoms with E-state index in [-0.39, 0.29) is 17.8 Å². The fourth-order valence-electron chi connectivity index (χ4n) is 5.71. The van der Waals surface area contributed by atoms with Gasteiger partial charge in [0.25, 0.3) is 10.9 Å². The van der Waals surface area contributed by atoms with E-state index in [2.05, 4.69) is 38.8 Å². The maximum Gasteiger partial charge on any atom is 0.405 e. The number of furan rings is 1. The Hall–Kier alpha value is -3.09. The van der Waals surface area contributed by atoms with Crippen molar-refractivity contribution >= 4 is 34.5 Å². The highest BCUT2D eigenvalue weighted by molar-refractivity contribution is 6.33. The zero-order valence-corrected chi connectivity index (χ0v) is 23.1. The number of hydrogen-bond acceptors (Lipinski definition) is 9. The van der Waals surface area contributed by atoms with Gasteiger partial charge in [-0.25, -0.2) is 4.98 Å². The van der Waals surface area contributed by atoms with Gasteiger partial charge < -0.3 is 20.0 Å². The van der Waals surface area contributed by atoms with E-state index in [1.165, 1.54) is 6.20 Å². The van der Waals surface area contributed by atoms with Crippen LogP contribution in [0, 0.1) is 0 Å². The number of pyridine rings is 1. The highest BCUT2D eigenvalue weighted by Crippen LogP contribution is 2.33. The number of alkyl halides is 3. The van der Waals surface area contributed by atoms with Crippen LogP contribution in [0.4, 0.5) is 36.1 Å². The Balaban J connectivity index is 1.20. The molecule has 0 amide bonds. The minimum absolute atomic E-state index is 0.146. The Morgan fingerprint density at radius 1 is 1.10 bits per heavy atom. The maximum atomic E-state index is 12.6. The first-order valence-corrected chi connectivity index (χ1v) is 13.7. The van der Waals surface area contributed by atoms with E-state index in [0.29, 0.717) is 22.6 Å². The average molecular weight is 581 g/mol. The van der Waals surface area contributed by atoms with E-state index >= 15 is 0 Å². The van der Waals surface area contributed by atoms with Crippen LogP contribution in [0.1, 0.15) is 32.4 Å². The molecule has 0 unspecified atom stereocenters. The van der Waals surface area contributed by atoms with Crippen molar-refractivity contribution < 1.29 is 17.6 Å². The third-order valence-electron chi connectivity index (χ3n) is 7.76. The first-order valence-electron chi connectivity index (χ1n) is 13.3. The van der Waals surface area contributed by atoms with Gasteiger partial charge in [0.15, 0.2) is 0 Å². The summed E-state index contributed by atoms with van der Waals surface area (Å²) in [5.41, 5.74) is -2.21. The highest BCUT2D eigenvalue weighted by Gasteiger charge is 2.36. The molecule has 0 aliphatic carbocycles. The van der Waals surface area contributed by atoms with Gasteiger partial charge in [-0.2, -0.15) is 13.2 Å². The molecule has 1 aromatic carbocycles. The third-order valence-corrected chi connectivity index (χ3v) is 8.04. The van der Waals surface area contributed by atoms with Gasteiger partial charge in [-0.1, -0.05) is 11.6 Å². The number of nitrogens with zero attached hydrogens (tertiary/aromatic N) is 4. The Bertz CT molecular complexity index is 1380. The van der Waals surface area contributed by atoms with Gasteiger partial charge in [-0.3, -0.25) is 19.4 Å². The standard InChI is InChI=1S/C27H32ClF3N6O3/c1-16-13-37(17(2)12-36(16)19-5-7-35(8-6-19)14-20-4-3-9-40-20)26-21(28)10-18(11-32-26)34-23-22(24(38)25(23)39)33-15-27(29,30)31/h3-4,9-11,16-17,19,33-34H,5-8,12-15H2,1-2H3/t16-,17+/m1/s1. The van der Waals surface area contributed by atoms with Crippen LogP contribution in [-0.2, 0) is 6.54 Å². The summed E-state index contributed by atoms with van der Waals surface area (Å²) >= 11 is 6.60. The van der Waals surface area contributed by atoms with Gasteiger partial charge in [-0.15, -0.1) is 0 Å². The van der Waals surface area contributed by atoms with Crippen LogP contribution in [0.25, 0.3) is 0 Å². The third kappa shape index (κ3) is 6.13. The molecule has 0 bridgehead atoms. The maximum absolute atomic E-state index is 12.6. The van der Waals surface area contributed by atoms with Crippen LogP contribution in [0.15, 0.2) is 44.7 Å².